The van der Waals surface area contributed by atoms with Gasteiger partial charge < -0.3 is 18.0 Å². The van der Waals surface area contributed by atoms with Gasteiger partial charge >= 0.3 is 0 Å². The third kappa shape index (κ3) is 6.30. The smallest absolute Gasteiger partial charge is 0.184 e. The topological polar surface area (TPSA) is 80.5 Å². The highest BCUT2D eigenvalue weighted by Crippen LogP contribution is 2.38. The average molecular weight is 483 g/mol. The molecule has 1 aliphatic rings. The van der Waals surface area contributed by atoms with Crippen LogP contribution < -0.4 is 0 Å². The molecule has 2 aromatic rings. The lowest BCUT2D eigenvalue weighted by Crippen LogP contribution is -2.48. The molecule has 1 fully saturated rings. The van der Waals surface area contributed by atoms with E-state index in [2.05, 4.69) is 73.9 Å². The van der Waals surface area contributed by atoms with Gasteiger partial charge in [0.2, 0.25) is 0 Å². The number of hydrogen-bond acceptors (Lipinski definition) is 7. The fourth-order valence-corrected chi connectivity index (χ4v) is 6.47. The first kappa shape index (κ1) is 24.7. The highest BCUT2D eigenvalue weighted by atomic mass is 28.4. The molecular formula is C20H38N4O4Si3. The lowest BCUT2D eigenvalue weighted by molar-refractivity contribution is -0.0457. The molecule has 31 heavy (non-hydrogen) atoms. The number of imidazole rings is 1. The maximum Gasteiger partial charge on any atom is 0.184 e. The largest absolute Gasteiger partial charge is 0.415 e. The molecule has 0 saturated carbocycles. The van der Waals surface area contributed by atoms with Crippen molar-refractivity contribution in [3.63, 3.8) is 0 Å². The zero-order valence-corrected chi connectivity index (χ0v) is 23.6. The Bertz CT molecular complexity index is 904. The molecule has 11 heteroatoms. The van der Waals surface area contributed by atoms with Crippen molar-refractivity contribution in [1.29, 1.82) is 0 Å². The molecule has 174 valence electrons. The lowest BCUT2D eigenvalue weighted by Gasteiger charge is -2.34. The standard InChI is InChI=1S/C20H38N4O4Si3/c1-14-16-19(22-12-21-14)24(13-23-16)20-18(28-31(8,9)10)17(27-30(5,6)7)15(26-20)11-25-29(2,3)4/h12-13,15,17-18,20H,11H2,1-10H3/t15-,17+,18-,20-/m1/s1. The normalized spacial score (nSPS) is 25.5. The maximum absolute atomic E-state index is 6.71. The van der Waals surface area contributed by atoms with E-state index in [9.17, 15) is 0 Å². The molecule has 0 aliphatic carbocycles. The summed E-state index contributed by atoms with van der Waals surface area (Å²) in [6, 6.07) is 0. The Morgan fingerprint density at radius 1 is 0.871 bits per heavy atom. The minimum Gasteiger partial charge on any atom is -0.415 e. The molecule has 0 amide bonds. The van der Waals surface area contributed by atoms with E-state index in [0.29, 0.717) is 6.61 Å². The zero-order valence-electron chi connectivity index (χ0n) is 20.6. The molecule has 2 aromatic heterocycles. The van der Waals surface area contributed by atoms with E-state index in [-0.39, 0.29) is 24.5 Å². The zero-order chi connectivity index (χ0) is 23.2. The SMILES string of the molecule is Cc1ncnc2c1ncn2[C@@H]1O[C@H](CO[Si](C)(C)C)[C@H](O[Si](C)(C)C)[C@H]1O[Si](C)(C)C. The molecule has 3 heterocycles. The van der Waals surface area contributed by atoms with Crippen LogP contribution >= 0.6 is 0 Å². The average Bonchev–Trinajstić information content (AvgIpc) is 3.13. The van der Waals surface area contributed by atoms with Crippen molar-refractivity contribution in [2.45, 2.75) is 90.4 Å². The van der Waals surface area contributed by atoms with E-state index in [1.54, 1.807) is 12.7 Å². The molecule has 0 spiro atoms. The summed E-state index contributed by atoms with van der Waals surface area (Å²) in [5.74, 6) is 0. The van der Waals surface area contributed by atoms with Crippen molar-refractivity contribution >= 4 is 36.1 Å². The molecule has 0 aromatic carbocycles. The summed E-state index contributed by atoms with van der Waals surface area (Å²) in [6.45, 7) is 22.2. The quantitative estimate of drug-likeness (QED) is 0.518. The number of aromatic nitrogens is 4. The molecule has 3 rings (SSSR count). The minimum atomic E-state index is -1.90. The van der Waals surface area contributed by atoms with Crippen molar-refractivity contribution in [2.75, 3.05) is 6.61 Å². The first-order valence-corrected chi connectivity index (χ1v) is 21.2. The second-order valence-corrected chi connectivity index (χ2v) is 24.6. The number of hydrogen-bond donors (Lipinski definition) is 0. The van der Waals surface area contributed by atoms with Crippen LogP contribution in [-0.2, 0) is 18.0 Å². The third-order valence-corrected chi connectivity index (χ3v) is 7.75. The first-order chi connectivity index (χ1) is 14.1. The summed E-state index contributed by atoms with van der Waals surface area (Å²) < 4.78 is 28.2. The van der Waals surface area contributed by atoms with Crippen LogP contribution in [0, 0.1) is 6.92 Å². The van der Waals surface area contributed by atoms with Crippen molar-refractivity contribution in [3.05, 3.63) is 18.3 Å². The van der Waals surface area contributed by atoms with Crippen molar-refractivity contribution in [1.82, 2.24) is 19.5 Å². The second-order valence-electron chi connectivity index (χ2n) is 11.2. The predicted molar refractivity (Wildman–Crippen MR) is 130 cm³/mol. The number of rotatable bonds is 8. The molecule has 1 aliphatic heterocycles. The van der Waals surface area contributed by atoms with Crippen LogP contribution in [0.4, 0.5) is 0 Å². The molecule has 0 bridgehead atoms. The first-order valence-electron chi connectivity index (χ1n) is 10.9. The Balaban J connectivity index is 2.03. The van der Waals surface area contributed by atoms with Crippen LogP contribution in [0.15, 0.2) is 12.7 Å². The van der Waals surface area contributed by atoms with E-state index < -0.39 is 25.0 Å². The van der Waals surface area contributed by atoms with Gasteiger partial charge in [-0.3, -0.25) is 4.57 Å². The Hall–Kier alpha value is -0.959. The molecule has 0 unspecified atom stereocenters. The molecule has 1 saturated heterocycles. The van der Waals surface area contributed by atoms with E-state index in [0.717, 1.165) is 16.9 Å². The number of aryl methyl sites for hydroxylation is 1. The highest BCUT2D eigenvalue weighted by molar-refractivity contribution is 6.70. The second kappa shape index (κ2) is 8.76. The van der Waals surface area contributed by atoms with Gasteiger partial charge in [-0.05, 0) is 65.8 Å². The summed E-state index contributed by atoms with van der Waals surface area (Å²) >= 11 is 0. The lowest BCUT2D eigenvalue weighted by atomic mass is 10.1. The molecule has 0 radical (unpaired) electrons. The van der Waals surface area contributed by atoms with Crippen LogP contribution in [0.3, 0.4) is 0 Å². The van der Waals surface area contributed by atoms with Gasteiger partial charge in [0, 0.05) is 0 Å². The molecule has 4 atom stereocenters. The van der Waals surface area contributed by atoms with Crippen molar-refractivity contribution < 1.29 is 18.0 Å². The number of fused-ring (bicyclic) bond motifs is 1. The van der Waals surface area contributed by atoms with E-state index in [1.807, 2.05) is 11.5 Å². The number of nitrogens with zero attached hydrogens (tertiary/aromatic N) is 4. The Morgan fingerprint density at radius 3 is 2.06 bits per heavy atom. The summed E-state index contributed by atoms with van der Waals surface area (Å²) in [7, 11) is -5.49. The van der Waals surface area contributed by atoms with Gasteiger partial charge in [0.05, 0.1) is 18.6 Å². The molecular weight excluding hydrogens is 445 g/mol. The van der Waals surface area contributed by atoms with Gasteiger partial charge in [0.15, 0.2) is 36.8 Å². The predicted octanol–water partition coefficient (Wildman–Crippen LogP) is 4.32. The van der Waals surface area contributed by atoms with Crippen LogP contribution in [0.5, 0.6) is 0 Å². The summed E-state index contributed by atoms with van der Waals surface area (Å²) in [6.07, 6.45) is 2.28. The van der Waals surface area contributed by atoms with Crippen LogP contribution in [-0.4, -0.2) is 69.4 Å². The van der Waals surface area contributed by atoms with E-state index in [4.69, 9.17) is 18.0 Å². The van der Waals surface area contributed by atoms with E-state index >= 15 is 0 Å². The maximum atomic E-state index is 6.71. The van der Waals surface area contributed by atoms with Crippen LogP contribution in [0.25, 0.3) is 11.2 Å². The van der Waals surface area contributed by atoms with Gasteiger partial charge in [0.25, 0.3) is 0 Å². The summed E-state index contributed by atoms with van der Waals surface area (Å²) in [4.78, 5) is 13.3. The fraction of sp³-hybridized carbons (Fsp3) is 0.750. The van der Waals surface area contributed by atoms with Crippen LogP contribution in [0.2, 0.25) is 58.9 Å². The monoisotopic (exact) mass is 482 g/mol. The third-order valence-electron chi connectivity index (χ3n) is 4.76. The van der Waals surface area contributed by atoms with Gasteiger partial charge in [-0.15, -0.1) is 0 Å². The van der Waals surface area contributed by atoms with Crippen molar-refractivity contribution in [2.24, 2.45) is 0 Å². The summed E-state index contributed by atoms with van der Waals surface area (Å²) in [5.41, 5.74) is 2.38. The molecule has 8 nitrogen and oxygen atoms in total. The summed E-state index contributed by atoms with van der Waals surface area (Å²) in [5, 5.41) is 0. The minimum absolute atomic E-state index is 0.208. The molecule has 0 N–H and O–H groups in total. The Morgan fingerprint density at radius 2 is 1.48 bits per heavy atom. The fourth-order valence-electron chi connectivity index (χ4n) is 3.64. The number of ether oxygens (including phenoxy) is 1. The Kier molecular flexibility index (Phi) is 6.98. The van der Waals surface area contributed by atoms with Gasteiger partial charge in [0.1, 0.15) is 30.2 Å². The highest BCUT2D eigenvalue weighted by Gasteiger charge is 2.50. The van der Waals surface area contributed by atoms with E-state index in [1.165, 1.54) is 0 Å². The van der Waals surface area contributed by atoms with Gasteiger partial charge in [-0.25, -0.2) is 15.0 Å². The van der Waals surface area contributed by atoms with Gasteiger partial charge in [-0.2, -0.15) is 0 Å². The Labute approximate surface area is 189 Å². The van der Waals surface area contributed by atoms with Crippen LogP contribution in [0.1, 0.15) is 11.9 Å². The van der Waals surface area contributed by atoms with Crippen molar-refractivity contribution in [3.8, 4) is 0 Å². The van der Waals surface area contributed by atoms with Gasteiger partial charge in [-0.1, -0.05) is 0 Å².